The molecule has 8 atom stereocenters. The Morgan fingerprint density at radius 1 is 1.14 bits per heavy atom. The van der Waals surface area contributed by atoms with E-state index in [1.165, 1.54) is 19.3 Å². The van der Waals surface area contributed by atoms with Crippen molar-refractivity contribution in [2.75, 3.05) is 13.7 Å². The average molecular weight is 390 g/mol. The monoisotopic (exact) mass is 389 g/mol. The highest BCUT2D eigenvalue weighted by Gasteiger charge is 2.63. The molecule has 1 saturated heterocycles. The number of rotatable bonds is 3. The normalized spacial score (nSPS) is 47.9. The number of amides is 1. The molecule has 4 aliphatic rings. The van der Waals surface area contributed by atoms with Crippen molar-refractivity contribution in [3.8, 4) is 0 Å². The lowest BCUT2D eigenvalue weighted by atomic mass is 9.47. The zero-order valence-corrected chi connectivity index (χ0v) is 18.5. The van der Waals surface area contributed by atoms with Crippen LogP contribution in [0.5, 0.6) is 0 Å². The van der Waals surface area contributed by atoms with Crippen LogP contribution in [0.4, 0.5) is 0 Å². The maximum absolute atomic E-state index is 12.9. The van der Waals surface area contributed by atoms with E-state index < -0.39 is 0 Å². The number of likely N-dealkylation sites (tertiary alicyclic amines) is 1. The molecule has 0 aromatic rings. The fourth-order valence-corrected chi connectivity index (χ4v) is 8.31. The summed E-state index contributed by atoms with van der Waals surface area (Å²) in [6.45, 7) is 9.74. The van der Waals surface area contributed by atoms with Crippen LogP contribution >= 0.6 is 0 Å². The van der Waals surface area contributed by atoms with Gasteiger partial charge in [-0.2, -0.15) is 0 Å². The van der Waals surface area contributed by atoms with Crippen LogP contribution in [0, 0.1) is 40.4 Å². The Labute approximate surface area is 170 Å². The fourth-order valence-electron chi connectivity index (χ4n) is 8.31. The fraction of sp³-hybridized carbons (Fsp3) is 0.917. The molecule has 1 amide bonds. The van der Waals surface area contributed by atoms with Crippen LogP contribution in [0.15, 0.2) is 0 Å². The van der Waals surface area contributed by atoms with E-state index in [0.717, 1.165) is 25.7 Å². The number of esters is 1. The standard InChI is InChI=1S/C24H39NO3/c1-6-13-28-22(27)21-15(2)14-18-16-7-8-19-23(3,12-10-20(26)25(19)5)17(16)9-11-24(18,21)4/h15-19,21H,6-14H2,1-5H3/t15-,16+,17-,18-,19+,21+,23+,24-/m0/s1. The first-order valence-electron chi connectivity index (χ1n) is 11.7. The van der Waals surface area contributed by atoms with E-state index in [9.17, 15) is 9.59 Å². The van der Waals surface area contributed by atoms with Crippen molar-refractivity contribution in [3.63, 3.8) is 0 Å². The summed E-state index contributed by atoms with van der Waals surface area (Å²) in [6, 6.07) is 0.406. The van der Waals surface area contributed by atoms with Gasteiger partial charge < -0.3 is 9.64 Å². The lowest BCUT2D eigenvalue weighted by Crippen LogP contribution is -2.61. The molecule has 4 heteroatoms. The molecule has 0 aromatic carbocycles. The average Bonchev–Trinajstić information content (AvgIpc) is 2.93. The van der Waals surface area contributed by atoms with Crippen molar-refractivity contribution >= 4 is 11.9 Å². The molecular weight excluding hydrogens is 350 g/mol. The Bertz CT molecular complexity index is 648. The lowest BCUT2D eigenvalue weighted by molar-refractivity contribution is -0.166. The molecule has 0 N–H and O–H groups in total. The first kappa shape index (κ1) is 20.2. The van der Waals surface area contributed by atoms with Crippen LogP contribution < -0.4 is 0 Å². The van der Waals surface area contributed by atoms with Crippen LogP contribution in [0.2, 0.25) is 0 Å². The maximum Gasteiger partial charge on any atom is 0.309 e. The Morgan fingerprint density at radius 3 is 2.61 bits per heavy atom. The molecule has 3 aliphatic carbocycles. The largest absolute Gasteiger partial charge is 0.465 e. The summed E-state index contributed by atoms with van der Waals surface area (Å²) >= 11 is 0. The predicted molar refractivity (Wildman–Crippen MR) is 109 cm³/mol. The summed E-state index contributed by atoms with van der Waals surface area (Å²) in [6.07, 6.45) is 8.49. The predicted octanol–water partition coefficient (Wildman–Crippen LogP) is 4.67. The second-order valence-electron chi connectivity index (χ2n) is 10.9. The van der Waals surface area contributed by atoms with Crippen molar-refractivity contribution in [1.29, 1.82) is 0 Å². The minimum Gasteiger partial charge on any atom is -0.465 e. The van der Waals surface area contributed by atoms with Crippen LogP contribution in [0.25, 0.3) is 0 Å². The molecule has 4 fully saturated rings. The van der Waals surface area contributed by atoms with Gasteiger partial charge in [0.2, 0.25) is 5.91 Å². The molecule has 0 aromatic heterocycles. The Hall–Kier alpha value is -1.06. The van der Waals surface area contributed by atoms with Crippen molar-refractivity contribution in [2.24, 2.45) is 40.4 Å². The van der Waals surface area contributed by atoms with E-state index >= 15 is 0 Å². The van der Waals surface area contributed by atoms with E-state index in [1.54, 1.807) is 0 Å². The van der Waals surface area contributed by atoms with Crippen molar-refractivity contribution < 1.29 is 14.3 Å². The van der Waals surface area contributed by atoms with Crippen LogP contribution in [-0.4, -0.2) is 36.5 Å². The second kappa shape index (κ2) is 7.02. The summed E-state index contributed by atoms with van der Waals surface area (Å²) in [5.74, 6) is 2.88. The summed E-state index contributed by atoms with van der Waals surface area (Å²) < 4.78 is 5.64. The Morgan fingerprint density at radius 2 is 1.89 bits per heavy atom. The highest BCUT2D eigenvalue weighted by molar-refractivity contribution is 5.77. The topological polar surface area (TPSA) is 46.6 Å². The molecule has 3 saturated carbocycles. The first-order valence-corrected chi connectivity index (χ1v) is 11.7. The highest BCUT2D eigenvalue weighted by atomic mass is 16.5. The third kappa shape index (κ3) is 2.76. The molecule has 158 valence electrons. The van der Waals surface area contributed by atoms with Gasteiger partial charge in [0.1, 0.15) is 0 Å². The summed E-state index contributed by atoms with van der Waals surface area (Å²) in [4.78, 5) is 27.3. The van der Waals surface area contributed by atoms with Crippen molar-refractivity contribution in [1.82, 2.24) is 4.90 Å². The number of hydrogen-bond acceptors (Lipinski definition) is 3. The molecule has 0 radical (unpaired) electrons. The van der Waals surface area contributed by atoms with E-state index in [-0.39, 0.29) is 22.7 Å². The maximum atomic E-state index is 12.9. The van der Waals surface area contributed by atoms with Gasteiger partial charge in [0.25, 0.3) is 0 Å². The smallest absolute Gasteiger partial charge is 0.309 e. The number of fused-ring (bicyclic) bond motifs is 5. The molecule has 1 heterocycles. The third-order valence-corrected chi connectivity index (χ3v) is 9.60. The first-order chi connectivity index (χ1) is 13.2. The molecule has 0 unspecified atom stereocenters. The minimum absolute atomic E-state index is 0.0562. The van der Waals surface area contributed by atoms with E-state index in [0.29, 0.717) is 48.6 Å². The van der Waals surface area contributed by atoms with Crippen molar-refractivity contribution in [2.45, 2.75) is 85.1 Å². The number of nitrogens with zero attached hydrogens (tertiary/aromatic N) is 1. The third-order valence-electron chi connectivity index (χ3n) is 9.60. The van der Waals surface area contributed by atoms with Gasteiger partial charge in [0.05, 0.1) is 12.5 Å². The summed E-state index contributed by atoms with van der Waals surface area (Å²) in [5.41, 5.74) is 0.335. The zero-order valence-electron chi connectivity index (χ0n) is 18.5. The van der Waals surface area contributed by atoms with Crippen LogP contribution in [0.1, 0.15) is 79.1 Å². The second-order valence-corrected chi connectivity index (χ2v) is 10.9. The van der Waals surface area contributed by atoms with Crippen molar-refractivity contribution in [3.05, 3.63) is 0 Å². The van der Waals surface area contributed by atoms with Crippen LogP contribution in [-0.2, 0) is 14.3 Å². The van der Waals surface area contributed by atoms with E-state index in [4.69, 9.17) is 4.74 Å². The number of ether oxygens (including phenoxy) is 1. The van der Waals surface area contributed by atoms with E-state index in [2.05, 4.69) is 32.6 Å². The zero-order chi connectivity index (χ0) is 20.3. The Kier molecular flexibility index (Phi) is 5.07. The summed E-state index contributed by atoms with van der Waals surface area (Å²) in [5, 5.41) is 0. The van der Waals surface area contributed by atoms with E-state index in [1.807, 2.05) is 7.05 Å². The van der Waals surface area contributed by atoms with Gasteiger partial charge in [-0.15, -0.1) is 0 Å². The van der Waals surface area contributed by atoms with Gasteiger partial charge in [-0.25, -0.2) is 0 Å². The summed E-state index contributed by atoms with van der Waals surface area (Å²) in [7, 11) is 2.02. The van der Waals surface area contributed by atoms with Gasteiger partial charge in [-0.3, -0.25) is 9.59 Å². The number of piperidine rings is 1. The molecule has 1 aliphatic heterocycles. The number of carbonyl (C=O) groups is 2. The molecule has 4 nitrogen and oxygen atoms in total. The van der Waals surface area contributed by atoms with Gasteiger partial charge in [-0.05, 0) is 79.4 Å². The van der Waals surface area contributed by atoms with Gasteiger partial charge in [0.15, 0.2) is 0 Å². The number of carbonyl (C=O) groups excluding carboxylic acids is 2. The quantitative estimate of drug-likeness (QED) is 0.659. The SMILES string of the molecule is CCCOC(=O)[C@H]1[C@@H](C)C[C@H]2[C@@H]3CC[C@H]4N(C)C(=O)CC[C@]4(C)[C@H]3CC[C@@]21C. The Balaban J connectivity index is 1.59. The number of hydrogen-bond donors (Lipinski definition) is 0. The molecular formula is C24H39NO3. The van der Waals surface area contributed by atoms with Gasteiger partial charge in [-0.1, -0.05) is 27.7 Å². The van der Waals surface area contributed by atoms with Gasteiger partial charge in [0, 0.05) is 19.5 Å². The molecule has 0 spiro atoms. The molecule has 28 heavy (non-hydrogen) atoms. The molecule has 0 bridgehead atoms. The highest BCUT2D eigenvalue weighted by Crippen LogP contribution is 2.67. The van der Waals surface area contributed by atoms with Gasteiger partial charge >= 0.3 is 5.97 Å². The lowest BCUT2D eigenvalue weighted by Gasteiger charge is -2.61. The van der Waals surface area contributed by atoms with Crippen LogP contribution in [0.3, 0.4) is 0 Å². The minimum atomic E-state index is 0.0562. The molecule has 4 rings (SSSR count).